The molecule has 10 rings (SSSR count). The fourth-order valence-electron chi connectivity index (χ4n) is 7.98. The first-order valence-corrected chi connectivity index (χ1v) is 30.7. The second-order valence-corrected chi connectivity index (χ2v) is 24.0. The summed E-state index contributed by atoms with van der Waals surface area (Å²) in [6.07, 6.45) is 0. The minimum atomic E-state index is -5.27. The molecule has 0 atom stereocenters. The van der Waals surface area contributed by atoms with Crippen LogP contribution in [0.2, 0.25) is 10.6 Å². The summed E-state index contributed by atoms with van der Waals surface area (Å²) in [5.41, 5.74) is -2.15. The SMILES string of the molecule is O=C([O-])c1ccccc1N=Nc1c(S(=O)(=O)[O-])cc2cc(Nc3nc(Cl)nc(Nc4cccc(S(=O)(=O)[O-])c4)n3)ccc2c1[O-].O=C([O-])c1ccccc1N=Nc1c(S(=O)(=O)[O-])cc2cc(Nc3nc(Cl)nc(Nc4cccc(S(=O)(=O)[O-])c4)n3)ccc2c1[O-].[Cr+3].[Na+].[Na+].[Na+].[Na+].[Na+]. The minimum Gasteiger partial charge on any atom is -0.871 e. The van der Waals surface area contributed by atoms with Gasteiger partial charge in [-0.15, -0.1) is 20.5 Å². The van der Waals surface area contributed by atoms with Crippen molar-refractivity contribution in [2.45, 2.75) is 19.6 Å². The number of rotatable bonds is 18. The van der Waals surface area contributed by atoms with Crippen LogP contribution in [0.5, 0.6) is 11.5 Å². The van der Waals surface area contributed by atoms with Gasteiger partial charge in [-0.1, -0.05) is 72.2 Å². The fourth-order valence-corrected chi connectivity index (χ4v) is 10.6. The van der Waals surface area contributed by atoms with Gasteiger partial charge in [-0.25, -0.2) is 33.7 Å². The molecule has 0 bridgehead atoms. The van der Waals surface area contributed by atoms with E-state index in [-0.39, 0.29) is 266 Å². The summed E-state index contributed by atoms with van der Waals surface area (Å²) in [5.74, 6) is -5.69. The second kappa shape index (κ2) is 35.9. The number of hydrogen-bond acceptors (Lipinski definition) is 32. The minimum absolute atomic E-state index is 0. The van der Waals surface area contributed by atoms with E-state index in [1.165, 1.54) is 109 Å². The molecule has 0 saturated heterocycles. The van der Waals surface area contributed by atoms with Gasteiger partial charge in [-0.3, -0.25) is 0 Å². The zero-order chi connectivity index (χ0) is 65.0. The molecule has 1 radical (unpaired) electrons. The number of aromatic nitrogens is 6. The first kappa shape index (κ1) is 85.2. The molecular formula is C52H28Cl2CrN14Na5O18S4. The summed E-state index contributed by atoms with van der Waals surface area (Å²) < 4.78 is 141. The summed E-state index contributed by atoms with van der Waals surface area (Å²) in [7, 11) is -20.0. The number of nitrogens with one attached hydrogen (secondary N) is 4. The molecule has 96 heavy (non-hydrogen) atoms. The maximum atomic E-state index is 13.2. The number of nitrogens with zero attached hydrogens (tertiary/aromatic N) is 10. The molecule has 0 aliphatic rings. The van der Waals surface area contributed by atoms with Crippen LogP contribution in [0.3, 0.4) is 0 Å². The van der Waals surface area contributed by atoms with E-state index in [9.17, 15) is 81.9 Å². The summed E-state index contributed by atoms with van der Waals surface area (Å²) in [6, 6.07) is 30.2. The van der Waals surface area contributed by atoms with Crippen LogP contribution < -0.4 is 189 Å². The van der Waals surface area contributed by atoms with Gasteiger partial charge in [0.15, 0.2) is 0 Å². The van der Waals surface area contributed by atoms with Crippen molar-refractivity contribution >= 4 is 166 Å². The number of hydrogen-bond donors (Lipinski definition) is 4. The van der Waals surface area contributed by atoms with E-state index in [0.717, 1.165) is 36.4 Å². The topological polar surface area (TPSA) is 530 Å². The standard InChI is InChI=1S/2C26H18ClN7O9S2.Cr.5Na/c2*27-24-30-25(28-14-4-3-5-16(12-14)44(38,39)40)32-26(31-24)29-15-8-9-17-13(10-15)11-20(45(41,42)43)21(22(17)35)34-33-19-7-2-1-6-18(19)23(36)37;;;;;;/h2*1-12,35H,(H,36,37)(H,38,39,40)(H,41,42,43)(H2,28,29,30,31,32);;;;;;/q;;+3;5*+1/p-8. The molecule has 4 N–H and O–H groups in total. The second-order valence-electron chi connectivity index (χ2n) is 17.9. The van der Waals surface area contributed by atoms with Crippen LogP contribution in [-0.4, -0.2) is 93.7 Å². The van der Waals surface area contributed by atoms with Crippen molar-refractivity contribution in [3.05, 3.63) is 167 Å². The van der Waals surface area contributed by atoms with E-state index >= 15 is 0 Å². The van der Waals surface area contributed by atoms with Crippen LogP contribution in [0.15, 0.2) is 186 Å². The van der Waals surface area contributed by atoms with Crippen LogP contribution in [0, 0.1) is 0 Å². The Bertz CT molecular complexity index is 4850. The molecule has 44 heteroatoms. The monoisotopic (exact) mass is 1500 g/mol. The number of fused-ring (bicyclic) bond motifs is 2. The van der Waals surface area contributed by atoms with E-state index in [2.05, 4.69) is 71.6 Å². The molecule has 8 aromatic carbocycles. The van der Waals surface area contributed by atoms with E-state index in [1.807, 2.05) is 0 Å². The molecule has 0 amide bonds. The molecule has 32 nitrogen and oxygen atoms in total. The Kier molecular flexibility index (Phi) is 31.8. The Labute approximate surface area is 674 Å². The molecule has 0 aliphatic heterocycles. The van der Waals surface area contributed by atoms with Gasteiger partial charge in [0.05, 0.1) is 54.3 Å². The zero-order valence-corrected chi connectivity index (χ0v) is 65.5. The van der Waals surface area contributed by atoms with Gasteiger partial charge in [0.25, 0.3) is 0 Å². The van der Waals surface area contributed by atoms with Crippen molar-refractivity contribution in [1.82, 2.24) is 29.9 Å². The number of halogens is 2. The zero-order valence-electron chi connectivity index (χ0n) is 49.5. The third-order valence-corrected chi connectivity index (χ3v) is 15.6. The molecule has 2 heterocycles. The Morgan fingerprint density at radius 2 is 0.698 bits per heavy atom. The molecule has 463 valence electrons. The first-order valence-electron chi connectivity index (χ1n) is 24.3. The van der Waals surface area contributed by atoms with Crippen molar-refractivity contribution < 1.29 is 247 Å². The van der Waals surface area contributed by atoms with E-state index in [1.54, 1.807) is 0 Å². The summed E-state index contributed by atoms with van der Waals surface area (Å²) in [5, 5.41) is 74.0. The average molecular weight is 1500 g/mol. The van der Waals surface area contributed by atoms with E-state index in [0.29, 0.717) is 0 Å². The Hall–Kier alpha value is -5.01. The van der Waals surface area contributed by atoms with Crippen molar-refractivity contribution in [3.63, 3.8) is 0 Å². The van der Waals surface area contributed by atoms with Crippen molar-refractivity contribution in [3.8, 4) is 11.5 Å². The quantitative estimate of drug-likeness (QED) is 0.0352. The van der Waals surface area contributed by atoms with Gasteiger partial charge in [0.1, 0.15) is 40.5 Å². The molecule has 0 saturated carbocycles. The smallest absolute Gasteiger partial charge is 0.871 e. The van der Waals surface area contributed by atoms with Gasteiger partial charge in [0.2, 0.25) is 34.4 Å². The molecular weight excluding hydrogens is 1470 g/mol. The number of carbonyl (C=O) groups excluding carboxylic acids is 2. The van der Waals surface area contributed by atoms with Gasteiger partial charge in [-0.05, 0) is 130 Å². The van der Waals surface area contributed by atoms with Crippen LogP contribution in [0.1, 0.15) is 20.7 Å². The van der Waals surface area contributed by atoms with Gasteiger partial charge in [0, 0.05) is 33.9 Å². The Morgan fingerprint density at radius 3 is 1.00 bits per heavy atom. The fraction of sp³-hybridized carbons (Fsp3) is 0. The van der Waals surface area contributed by atoms with Gasteiger partial charge in [-0.2, -0.15) is 29.9 Å². The van der Waals surface area contributed by atoms with Crippen molar-refractivity contribution in [1.29, 1.82) is 0 Å². The van der Waals surface area contributed by atoms with Crippen molar-refractivity contribution in [2.75, 3.05) is 21.3 Å². The number of carboxylic acids is 2. The molecule has 0 spiro atoms. The van der Waals surface area contributed by atoms with Crippen molar-refractivity contribution in [2.24, 2.45) is 20.5 Å². The van der Waals surface area contributed by atoms with Gasteiger partial charge >= 0.3 is 165 Å². The summed E-state index contributed by atoms with van der Waals surface area (Å²) in [6.45, 7) is 0. The normalized spacial score (nSPS) is 11.2. The molecule has 0 aliphatic carbocycles. The average Bonchev–Trinajstić information content (AvgIpc) is 0.772. The molecule has 0 fully saturated rings. The first-order chi connectivity index (χ1) is 42.4. The number of aromatic carboxylic acids is 2. The summed E-state index contributed by atoms with van der Waals surface area (Å²) in [4.78, 5) is 43.6. The molecule has 0 unspecified atom stereocenters. The number of azo groups is 2. The van der Waals surface area contributed by atoms with Crippen LogP contribution in [0.25, 0.3) is 21.5 Å². The maximum Gasteiger partial charge on any atom is 3.00 e. The predicted octanol–water partition coefficient (Wildman–Crippen LogP) is -9.33. The number of carbonyl (C=O) groups is 2. The molecule has 2 aromatic heterocycles. The number of carboxylic acid groups (broad SMARTS) is 2. The number of benzene rings is 8. The van der Waals surface area contributed by atoms with E-state index in [4.69, 9.17) is 23.2 Å². The number of anilines is 8. The Balaban J connectivity index is 0.000000471. The summed E-state index contributed by atoms with van der Waals surface area (Å²) >= 11 is 12.0. The molecule has 10 aromatic rings. The maximum absolute atomic E-state index is 13.2. The Morgan fingerprint density at radius 1 is 0.385 bits per heavy atom. The third kappa shape index (κ3) is 22.0. The van der Waals surface area contributed by atoms with Crippen LogP contribution >= 0.6 is 23.2 Å². The van der Waals surface area contributed by atoms with Gasteiger partial charge < -0.3 is 69.5 Å². The van der Waals surface area contributed by atoms with E-state index < -0.39 is 94.9 Å². The van der Waals surface area contributed by atoms with Crippen LogP contribution in [0.4, 0.5) is 69.3 Å². The predicted molar refractivity (Wildman–Crippen MR) is 304 cm³/mol. The van der Waals surface area contributed by atoms with Crippen LogP contribution in [-0.2, 0) is 57.8 Å². The largest absolute Gasteiger partial charge is 3.00 e. The third-order valence-electron chi connectivity index (χ3n) is 11.9.